The molecule has 0 aliphatic carbocycles. The van der Waals surface area contributed by atoms with Crippen LogP contribution in [0.4, 0.5) is 0 Å². The molecule has 2 aliphatic rings. The van der Waals surface area contributed by atoms with Crippen molar-refractivity contribution in [1.82, 2.24) is 10.2 Å². The molecule has 2 heterocycles. The fourth-order valence-corrected chi connectivity index (χ4v) is 4.24. The van der Waals surface area contributed by atoms with E-state index in [1.165, 1.54) is 5.56 Å². The summed E-state index contributed by atoms with van der Waals surface area (Å²) < 4.78 is 5.55. The average molecular weight is 320 g/mol. The smallest absolute Gasteiger partial charge is 0.234 e. The van der Waals surface area contributed by atoms with Crippen LogP contribution in [0.2, 0.25) is 0 Å². The highest BCUT2D eigenvalue weighted by Gasteiger charge is 2.26. The van der Waals surface area contributed by atoms with Crippen LogP contribution < -0.4 is 5.32 Å². The second-order valence-electron chi connectivity index (χ2n) is 5.91. The summed E-state index contributed by atoms with van der Waals surface area (Å²) in [6, 6.07) is 10.8. The first-order chi connectivity index (χ1) is 10.8. The van der Waals surface area contributed by atoms with E-state index >= 15 is 0 Å². The van der Waals surface area contributed by atoms with Crippen molar-refractivity contribution in [3.05, 3.63) is 35.9 Å². The topological polar surface area (TPSA) is 41.6 Å². The van der Waals surface area contributed by atoms with E-state index in [0.29, 0.717) is 19.1 Å². The van der Waals surface area contributed by atoms with Gasteiger partial charge in [0.1, 0.15) is 0 Å². The molecule has 2 unspecified atom stereocenters. The number of hydrogen-bond acceptors (Lipinski definition) is 4. The second-order valence-corrected chi connectivity index (χ2v) is 7.06. The van der Waals surface area contributed by atoms with E-state index in [0.717, 1.165) is 37.5 Å². The van der Waals surface area contributed by atoms with Gasteiger partial charge in [0.05, 0.1) is 12.6 Å². The molecule has 22 heavy (non-hydrogen) atoms. The van der Waals surface area contributed by atoms with Gasteiger partial charge in [-0.2, -0.15) is 11.8 Å². The molecule has 0 saturated carbocycles. The minimum atomic E-state index is 0.114. The molecule has 2 saturated heterocycles. The number of benzene rings is 1. The molecule has 1 aromatic rings. The Morgan fingerprint density at radius 2 is 2.23 bits per heavy atom. The Morgan fingerprint density at radius 3 is 3.00 bits per heavy atom. The SMILES string of the molecule is O=C(CN1CCSCC1c1ccccc1)NCC1CCCO1. The lowest BCUT2D eigenvalue weighted by molar-refractivity contribution is -0.123. The van der Waals surface area contributed by atoms with Crippen molar-refractivity contribution in [2.45, 2.75) is 25.0 Å². The van der Waals surface area contributed by atoms with Gasteiger partial charge < -0.3 is 10.1 Å². The van der Waals surface area contributed by atoms with Crippen LogP contribution in [0.3, 0.4) is 0 Å². The van der Waals surface area contributed by atoms with Crippen molar-refractivity contribution in [3.8, 4) is 0 Å². The van der Waals surface area contributed by atoms with Gasteiger partial charge in [-0.25, -0.2) is 0 Å². The fraction of sp³-hybridized carbons (Fsp3) is 0.588. The van der Waals surface area contributed by atoms with Crippen molar-refractivity contribution in [2.75, 3.05) is 37.7 Å². The molecule has 1 aromatic carbocycles. The van der Waals surface area contributed by atoms with Gasteiger partial charge in [0.2, 0.25) is 5.91 Å². The molecule has 0 aromatic heterocycles. The molecule has 4 nitrogen and oxygen atoms in total. The Bertz CT molecular complexity index is 477. The number of nitrogens with zero attached hydrogens (tertiary/aromatic N) is 1. The molecule has 2 fully saturated rings. The molecule has 0 spiro atoms. The summed E-state index contributed by atoms with van der Waals surface area (Å²) in [5.41, 5.74) is 1.31. The molecule has 120 valence electrons. The maximum Gasteiger partial charge on any atom is 0.234 e. The Balaban J connectivity index is 1.53. The standard InChI is InChI=1S/C17H24N2O2S/c20-17(18-11-15-7-4-9-21-15)12-19-8-10-22-13-16(19)14-5-2-1-3-6-14/h1-3,5-6,15-16H,4,7-13H2,(H,18,20). The Labute approximate surface area is 136 Å². The molecular formula is C17H24N2O2S. The van der Waals surface area contributed by atoms with E-state index in [-0.39, 0.29) is 12.0 Å². The molecule has 0 bridgehead atoms. The number of amides is 1. The normalized spacial score (nSPS) is 26.0. The molecule has 1 N–H and O–H groups in total. The quantitative estimate of drug-likeness (QED) is 0.902. The lowest BCUT2D eigenvalue weighted by Crippen LogP contribution is -2.44. The number of thioether (sulfide) groups is 1. The maximum absolute atomic E-state index is 12.2. The molecule has 3 rings (SSSR count). The Hall–Kier alpha value is -1.04. The summed E-state index contributed by atoms with van der Waals surface area (Å²) in [5.74, 6) is 2.27. The van der Waals surface area contributed by atoms with Crippen LogP contribution in [0.5, 0.6) is 0 Å². The maximum atomic E-state index is 12.2. The minimum Gasteiger partial charge on any atom is -0.376 e. The van der Waals surface area contributed by atoms with Crippen LogP contribution >= 0.6 is 11.8 Å². The lowest BCUT2D eigenvalue weighted by atomic mass is 10.1. The van der Waals surface area contributed by atoms with E-state index in [4.69, 9.17) is 4.74 Å². The highest BCUT2D eigenvalue weighted by Crippen LogP contribution is 2.28. The Morgan fingerprint density at radius 1 is 1.36 bits per heavy atom. The monoisotopic (exact) mass is 320 g/mol. The van der Waals surface area contributed by atoms with E-state index < -0.39 is 0 Å². The zero-order valence-corrected chi connectivity index (χ0v) is 13.7. The fourth-order valence-electron chi connectivity index (χ4n) is 3.08. The number of rotatable bonds is 5. The van der Waals surface area contributed by atoms with E-state index in [1.807, 2.05) is 17.8 Å². The summed E-state index contributed by atoms with van der Waals surface area (Å²) >= 11 is 1.97. The van der Waals surface area contributed by atoms with Gasteiger partial charge in [0.15, 0.2) is 0 Å². The van der Waals surface area contributed by atoms with Crippen molar-refractivity contribution < 1.29 is 9.53 Å². The zero-order valence-electron chi connectivity index (χ0n) is 12.9. The van der Waals surface area contributed by atoms with Crippen molar-refractivity contribution in [2.24, 2.45) is 0 Å². The molecular weight excluding hydrogens is 296 g/mol. The number of ether oxygens (including phenoxy) is 1. The summed E-state index contributed by atoms with van der Waals surface area (Å²) in [7, 11) is 0. The van der Waals surface area contributed by atoms with Gasteiger partial charge in [0, 0.05) is 37.2 Å². The van der Waals surface area contributed by atoms with Gasteiger partial charge in [-0.05, 0) is 18.4 Å². The molecule has 1 amide bonds. The van der Waals surface area contributed by atoms with Crippen molar-refractivity contribution >= 4 is 17.7 Å². The highest BCUT2D eigenvalue weighted by molar-refractivity contribution is 7.99. The van der Waals surface area contributed by atoms with Crippen LogP contribution in [0.1, 0.15) is 24.4 Å². The van der Waals surface area contributed by atoms with E-state index in [1.54, 1.807) is 0 Å². The number of carbonyl (C=O) groups is 1. The summed E-state index contributed by atoms with van der Waals surface area (Å²) in [6.07, 6.45) is 2.39. The van der Waals surface area contributed by atoms with Gasteiger partial charge in [0.25, 0.3) is 0 Å². The third kappa shape index (κ3) is 4.24. The van der Waals surface area contributed by atoms with Crippen LogP contribution in [-0.2, 0) is 9.53 Å². The summed E-state index contributed by atoms with van der Waals surface area (Å²) in [6.45, 7) is 2.93. The second kappa shape index (κ2) is 7.99. The number of carbonyl (C=O) groups excluding carboxylic acids is 1. The molecule has 2 aliphatic heterocycles. The number of hydrogen-bond donors (Lipinski definition) is 1. The predicted molar refractivity (Wildman–Crippen MR) is 90.1 cm³/mol. The van der Waals surface area contributed by atoms with E-state index in [2.05, 4.69) is 34.5 Å². The summed E-state index contributed by atoms with van der Waals surface area (Å²) in [4.78, 5) is 14.5. The van der Waals surface area contributed by atoms with Crippen LogP contribution in [0.15, 0.2) is 30.3 Å². The third-order valence-corrected chi connectivity index (χ3v) is 5.34. The largest absolute Gasteiger partial charge is 0.376 e. The van der Waals surface area contributed by atoms with Crippen LogP contribution in [0.25, 0.3) is 0 Å². The van der Waals surface area contributed by atoms with Crippen molar-refractivity contribution in [3.63, 3.8) is 0 Å². The molecule has 5 heteroatoms. The first-order valence-electron chi connectivity index (χ1n) is 8.08. The predicted octanol–water partition coefficient (Wildman–Crippen LogP) is 2.07. The third-order valence-electron chi connectivity index (χ3n) is 4.32. The number of nitrogens with one attached hydrogen (secondary N) is 1. The lowest BCUT2D eigenvalue weighted by Gasteiger charge is -2.35. The highest BCUT2D eigenvalue weighted by atomic mass is 32.2. The van der Waals surface area contributed by atoms with Crippen LogP contribution in [-0.4, -0.2) is 54.7 Å². The average Bonchev–Trinajstić information content (AvgIpc) is 3.08. The summed E-state index contributed by atoms with van der Waals surface area (Å²) in [5, 5.41) is 3.03. The van der Waals surface area contributed by atoms with Crippen LogP contribution in [0, 0.1) is 0 Å². The minimum absolute atomic E-state index is 0.114. The Kier molecular flexibility index (Phi) is 5.76. The van der Waals surface area contributed by atoms with Gasteiger partial charge in [-0.1, -0.05) is 30.3 Å². The molecule has 2 atom stereocenters. The first kappa shape index (κ1) is 15.8. The van der Waals surface area contributed by atoms with Gasteiger partial charge in [-0.3, -0.25) is 9.69 Å². The van der Waals surface area contributed by atoms with Gasteiger partial charge >= 0.3 is 0 Å². The zero-order chi connectivity index (χ0) is 15.2. The molecule has 0 radical (unpaired) electrons. The van der Waals surface area contributed by atoms with E-state index in [9.17, 15) is 4.79 Å². The van der Waals surface area contributed by atoms with Crippen molar-refractivity contribution in [1.29, 1.82) is 0 Å². The van der Waals surface area contributed by atoms with Gasteiger partial charge in [-0.15, -0.1) is 0 Å². The first-order valence-corrected chi connectivity index (χ1v) is 9.23.